The number of benzene rings is 1. The van der Waals surface area contributed by atoms with Crippen molar-refractivity contribution >= 4 is 11.6 Å². The van der Waals surface area contributed by atoms with E-state index in [2.05, 4.69) is 26.0 Å². The van der Waals surface area contributed by atoms with E-state index in [0.717, 1.165) is 18.6 Å². The lowest BCUT2D eigenvalue weighted by atomic mass is 9.81. The summed E-state index contributed by atoms with van der Waals surface area (Å²) in [5, 5.41) is 0.159. The molecule has 1 aliphatic carbocycles. The zero-order valence-electron chi connectivity index (χ0n) is 9.51. The van der Waals surface area contributed by atoms with E-state index in [4.69, 9.17) is 16.3 Å². The third-order valence-corrected chi connectivity index (χ3v) is 3.78. The van der Waals surface area contributed by atoms with Crippen LogP contribution in [0.1, 0.15) is 47.8 Å². The van der Waals surface area contributed by atoms with Crippen molar-refractivity contribution in [3.05, 3.63) is 28.8 Å². The van der Waals surface area contributed by atoms with Crippen LogP contribution in [0.4, 0.5) is 0 Å². The van der Waals surface area contributed by atoms with Gasteiger partial charge in [0.25, 0.3) is 0 Å². The van der Waals surface area contributed by atoms with Crippen LogP contribution in [0.3, 0.4) is 0 Å². The highest BCUT2D eigenvalue weighted by atomic mass is 35.5. The molecule has 0 saturated heterocycles. The van der Waals surface area contributed by atoms with Crippen LogP contribution >= 0.6 is 11.6 Å². The van der Waals surface area contributed by atoms with Crippen LogP contribution in [0.15, 0.2) is 12.1 Å². The van der Waals surface area contributed by atoms with Crippen LogP contribution in [0.5, 0.6) is 5.75 Å². The van der Waals surface area contributed by atoms with E-state index >= 15 is 0 Å². The molecule has 0 N–H and O–H groups in total. The lowest BCUT2D eigenvalue weighted by molar-refractivity contribution is 0.399. The van der Waals surface area contributed by atoms with Gasteiger partial charge in [-0.3, -0.25) is 0 Å². The Balaban J connectivity index is 2.63. The minimum Gasteiger partial charge on any atom is -0.496 e. The molecule has 15 heavy (non-hydrogen) atoms. The van der Waals surface area contributed by atoms with Crippen LogP contribution in [0, 0.1) is 6.92 Å². The molecular weight excluding hydrogens is 208 g/mol. The molecule has 2 atom stereocenters. The molecule has 0 heterocycles. The van der Waals surface area contributed by atoms with Gasteiger partial charge in [-0.05, 0) is 42.9 Å². The first-order valence-electron chi connectivity index (χ1n) is 5.46. The fourth-order valence-electron chi connectivity index (χ4n) is 2.51. The second-order valence-corrected chi connectivity index (χ2v) is 4.88. The third-order valence-electron chi connectivity index (χ3n) is 3.34. The molecule has 0 fully saturated rings. The molecule has 0 aromatic heterocycles. The SMILES string of the molecule is COc1ccc(C)c2c1C(C)CCC2Cl. The van der Waals surface area contributed by atoms with E-state index in [0.29, 0.717) is 5.92 Å². The minimum atomic E-state index is 0.159. The predicted molar refractivity (Wildman–Crippen MR) is 64.0 cm³/mol. The average Bonchev–Trinajstić information content (AvgIpc) is 2.23. The van der Waals surface area contributed by atoms with Crippen LogP contribution < -0.4 is 4.74 Å². The molecule has 1 aromatic rings. The number of aryl methyl sites for hydroxylation is 1. The summed E-state index contributed by atoms with van der Waals surface area (Å²) in [7, 11) is 1.73. The lowest BCUT2D eigenvalue weighted by Gasteiger charge is -2.29. The number of rotatable bonds is 1. The second kappa shape index (κ2) is 4.05. The van der Waals surface area contributed by atoms with E-state index < -0.39 is 0 Å². The molecule has 0 radical (unpaired) electrons. The van der Waals surface area contributed by atoms with Crippen molar-refractivity contribution in [1.29, 1.82) is 0 Å². The summed E-state index contributed by atoms with van der Waals surface area (Å²) in [5.41, 5.74) is 3.91. The van der Waals surface area contributed by atoms with E-state index in [1.54, 1.807) is 7.11 Å². The zero-order valence-corrected chi connectivity index (χ0v) is 10.3. The maximum atomic E-state index is 6.39. The van der Waals surface area contributed by atoms with Gasteiger partial charge in [-0.15, -0.1) is 11.6 Å². The number of methoxy groups -OCH3 is 1. The Bertz CT molecular complexity index is 373. The molecule has 1 aromatic carbocycles. The summed E-state index contributed by atoms with van der Waals surface area (Å²) in [6.07, 6.45) is 2.23. The van der Waals surface area contributed by atoms with E-state index in [1.165, 1.54) is 16.7 Å². The molecule has 2 heteroatoms. The topological polar surface area (TPSA) is 9.23 Å². The van der Waals surface area contributed by atoms with Gasteiger partial charge in [0.2, 0.25) is 0 Å². The summed E-state index contributed by atoms with van der Waals surface area (Å²) in [6.45, 7) is 4.38. The molecule has 1 nitrogen and oxygen atoms in total. The van der Waals surface area contributed by atoms with Crippen LogP contribution in [0.2, 0.25) is 0 Å². The van der Waals surface area contributed by atoms with E-state index in [-0.39, 0.29) is 5.38 Å². The molecule has 2 rings (SSSR count). The highest BCUT2D eigenvalue weighted by molar-refractivity contribution is 6.21. The first-order chi connectivity index (χ1) is 7.15. The van der Waals surface area contributed by atoms with Gasteiger partial charge in [0.1, 0.15) is 5.75 Å². The van der Waals surface area contributed by atoms with Crippen LogP contribution in [0.25, 0.3) is 0 Å². The van der Waals surface area contributed by atoms with Crippen molar-refractivity contribution in [3.8, 4) is 5.75 Å². The number of fused-ring (bicyclic) bond motifs is 1. The Morgan fingerprint density at radius 3 is 2.67 bits per heavy atom. The fourth-order valence-corrected chi connectivity index (χ4v) is 2.93. The van der Waals surface area contributed by atoms with Crippen molar-refractivity contribution in [2.24, 2.45) is 0 Å². The highest BCUT2D eigenvalue weighted by Crippen LogP contribution is 2.46. The van der Waals surface area contributed by atoms with E-state index in [1.807, 2.05) is 0 Å². The van der Waals surface area contributed by atoms with Gasteiger partial charge in [-0.2, -0.15) is 0 Å². The second-order valence-electron chi connectivity index (χ2n) is 4.36. The number of halogens is 1. The molecule has 0 bridgehead atoms. The highest BCUT2D eigenvalue weighted by Gasteiger charge is 2.27. The average molecular weight is 225 g/mol. The third kappa shape index (κ3) is 1.74. The monoisotopic (exact) mass is 224 g/mol. The zero-order chi connectivity index (χ0) is 11.0. The van der Waals surface area contributed by atoms with Crippen LogP contribution in [-0.2, 0) is 0 Å². The Hall–Kier alpha value is -0.690. The number of ether oxygens (including phenoxy) is 1. The van der Waals surface area contributed by atoms with Crippen molar-refractivity contribution in [1.82, 2.24) is 0 Å². The van der Waals surface area contributed by atoms with Gasteiger partial charge in [0.15, 0.2) is 0 Å². The molecule has 0 amide bonds. The van der Waals surface area contributed by atoms with Crippen LogP contribution in [-0.4, -0.2) is 7.11 Å². The normalized spacial score (nSPS) is 24.8. The molecular formula is C13H17ClO. The molecule has 0 aliphatic heterocycles. The van der Waals surface area contributed by atoms with Crippen molar-refractivity contribution < 1.29 is 4.74 Å². The van der Waals surface area contributed by atoms with Crippen molar-refractivity contribution in [2.75, 3.05) is 7.11 Å². The largest absolute Gasteiger partial charge is 0.496 e. The quantitative estimate of drug-likeness (QED) is 0.651. The van der Waals surface area contributed by atoms with Crippen molar-refractivity contribution in [3.63, 3.8) is 0 Å². The van der Waals surface area contributed by atoms with Gasteiger partial charge in [-0.1, -0.05) is 13.0 Å². The first kappa shape index (κ1) is 10.8. The minimum absolute atomic E-state index is 0.159. The van der Waals surface area contributed by atoms with Gasteiger partial charge in [-0.25, -0.2) is 0 Å². The maximum absolute atomic E-state index is 6.39. The Kier molecular flexibility index (Phi) is 2.92. The number of hydrogen-bond donors (Lipinski definition) is 0. The summed E-state index contributed by atoms with van der Waals surface area (Å²) in [6, 6.07) is 4.16. The number of alkyl halides is 1. The van der Waals surface area contributed by atoms with Gasteiger partial charge < -0.3 is 4.74 Å². The molecule has 1 aliphatic rings. The molecule has 0 spiro atoms. The molecule has 0 saturated carbocycles. The van der Waals surface area contributed by atoms with E-state index in [9.17, 15) is 0 Å². The summed E-state index contributed by atoms with van der Waals surface area (Å²) in [4.78, 5) is 0. The predicted octanol–water partition coefficient (Wildman–Crippen LogP) is 4.18. The lowest BCUT2D eigenvalue weighted by Crippen LogP contribution is -2.12. The smallest absolute Gasteiger partial charge is 0.122 e. The standard InChI is InChI=1S/C13H17ClO/c1-8-5-7-11(15-3)13-9(2)4-6-10(14)12(8)13/h5,7,9-10H,4,6H2,1-3H3. The Morgan fingerprint density at radius 2 is 2.00 bits per heavy atom. The summed E-state index contributed by atoms with van der Waals surface area (Å²) >= 11 is 6.39. The molecule has 82 valence electrons. The van der Waals surface area contributed by atoms with Gasteiger partial charge in [0, 0.05) is 5.56 Å². The summed E-state index contributed by atoms with van der Waals surface area (Å²) in [5.74, 6) is 1.55. The Labute approximate surface area is 96.4 Å². The Morgan fingerprint density at radius 1 is 1.27 bits per heavy atom. The van der Waals surface area contributed by atoms with Gasteiger partial charge >= 0.3 is 0 Å². The first-order valence-corrected chi connectivity index (χ1v) is 5.90. The summed E-state index contributed by atoms with van der Waals surface area (Å²) < 4.78 is 5.43. The molecule has 2 unspecified atom stereocenters. The fraction of sp³-hybridized carbons (Fsp3) is 0.538. The maximum Gasteiger partial charge on any atom is 0.122 e. The van der Waals surface area contributed by atoms with Gasteiger partial charge in [0.05, 0.1) is 12.5 Å². The number of hydrogen-bond acceptors (Lipinski definition) is 1. The van der Waals surface area contributed by atoms with Crippen molar-refractivity contribution in [2.45, 2.75) is 38.0 Å².